The highest BCUT2D eigenvalue weighted by atomic mass is 19.1. The summed E-state index contributed by atoms with van der Waals surface area (Å²) >= 11 is 0. The lowest BCUT2D eigenvalue weighted by molar-refractivity contribution is -0.120. The Labute approximate surface area is 383 Å². The molecule has 4 aromatic rings. The first-order valence-electron chi connectivity index (χ1n) is 22.5. The molecule has 2 saturated heterocycles. The van der Waals surface area contributed by atoms with Gasteiger partial charge in [0.2, 0.25) is 11.8 Å². The predicted molar refractivity (Wildman–Crippen MR) is 243 cm³/mol. The van der Waals surface area contributed by atoms with Crippen molar-refractivity contribution in [1.82, 2.24) is 19.6 Å². The van der Waals surface area contributed by atoms with E-state index in [0.29, 0.717) is 74.4 Å². The first-order valence-corrected chi connectivity index (χ1v) is 22.5. The van der Waals surface area contributed by atoms with Crippen LogP contribution in [0.3, 0.4) is 0 Å². The van der Waals surface area contributed by atoms with Gasteiger partial charge in [0.25, 0.3) is 23.6 Å². The molecule has 6 amide bonds. The number of amides is 6. The number of para-hydroxylation sites is 2. The molecule has 348 valence electrons. The van der Waals surface area contributed by atoms with E-state index < -0.39 is 11.6 Å². The van der Waals surface area contributed by atoms with E-state index in [9.17, 15) is 37.5 Å². The second kappa shape index (κ2) is 21.4. The minimum absolute atomic E-state index is 0.161. The summed E-state index contributed by atoms with van der Waals surface area (Å²) in [7, 11) is 3.17. The highest BCUT2D eigenvalue weighted by Crippen LogP contribution is 2.31. The molecule has 2 fully saturated rings. The Morgan fingerprint density at radius 1 is 0.530 bits per heavy atom. The van der Waals surface area contributed by atoms with E-state index in [1.165, 1.54) is 31.7 Å². The summed E-state index contributed by atoms with van der Waals surface area (Å²) in [4.78, 5) is 85.9. The van der Waals surface area contributed by atoms with Crippen molar-refractivity contribution in [2.75, 3.05) is 76.4 Å². The highest BCUT2D eigenvalue weighted by Gasteiger charge is 2.41. The predicted octanol–water partition coefficient (Wildman–Crippen LogP) is 5.91. The average Bonchev–Trinajstić information content (AvgIpc) is 3.74. The van der Waals surface area contributed by atoms with Crippen LogP contribution in [-0.2, 0) is 19.1 Å². The Hall–Kier alpha value is -6.20. The van der Waals surface area contributed by atoms with Gasteiger partial charge in [-0.2, -0.15) is 0 Å². The summed E-state index contributed by atoms with van der Waals surface area (Å²) in [5, 5.41) is 0. The number of benzene rings is 4. The second-order valence-electron chi connectivity index (χ2n) is 16.6. The van der Waals surface area contributed by atoms with Gasteiger partial charge in [-0.25, -0.2) is 8.78 Å². The number of likely N-dealkylation sites (tertiary alicyclic amines) is 2. The van der Waals surface area contributed by atoms with E-state index in [1.54, 1.807) is 113 Å². The molecule has 0 saturated carbocycles. The number of hydrogen-bond acceptors (Lipinski definition) is 10. The van der Waals surface area contributed by atoms with Crippen LogP contribution in [0.25, 0.3) is 0 Å². The summed E-state index contributed by atoms with van der Waals surface area (Å²) in [5.74, 6) is -2.29. The van der Waals surface area contributed by atoms with Gasteiger partial charge in [0.1, 0.15) is 11.6 Å². The first-order chi connectivity index (χ1) is 31.9. The average molecular weight is 907 g/mol. The Morgan fingerprint density at radius 2 is 0.848 bits per heavy atom. The maximum Gasteiger partial charge on any atom is 0.261 e. The molecule has 0 aliphatic carbocycles. The van der Waals surface area contributed by atoms with E-state index in [1.807, 2.05) is 0 Å². The summed E-state index contributed by atoms with van der Waals surface area (Å²) < 4.78 is 40.6. The number of fused-ring (bicyclic) bond motifs is 2. The minimum Gasteiger partial charge on any atom is -0.378 e. The molecular formula is C50H56F2N6O8. The second-order valence-corrected chi connectivity index (χ2v) is 16.6. The first kappa shape index (κ1) is 47.8. The van der Waals surface area contributed by atoms with Crippen LogP contribution in [0.4, 0.5) is 20.2 Å². The third kappa shape index (κ3) is 9.82. The van der Waals surface area contributed by atoms with E-state index in [4.69, 9.17) is 9.47 Å². The van der Waals surface area contributed by atoms with Crippen molar-refractivity contribution < 1.29 is 47.0 Å². The molecule has 0 radical (unpaired) electrons. The van der Waals surface area contributed by atoms with Crippen molar-refractivity contribution in [3.63, 3.8) is 0 Å². The van der Waals surface area contributed by atoms with Crippen LogP contribution in [0, 0.1) is 11.6 Å². The van der Waals surface area contributed by atoms with Crippen molar-refractivity contribution in [3.05, 3.63) is 131 Å². The van der Waals surface area contributed by atoms with Gasteiger partial charge in [-0.3, -0.25) is 48.4 Å². The van der Waals surface area contributed by atoms with Crippen molar-refractivity contribution >= 4 is 46.8 Å². The number of piperidine rings is 2. The molecule has 0 N–H and O–H groups in total. The summed E-state index contributed by atoms with van der Waals surface area (Å²) in [5.41, 5.74) is 2.28. The largest absolute Gasteiger partial charge is 0.378 e. The summed E-state index contributed by atoms with van der Waals surface area (Å²) in [6.07, 6.45) is 1.00. The van der Waals surface area contributed by atoms with E-state index >= 15 is 0 Å². The van der Waals surface area contributed by atoms with E-state index in [-0.39, 0.29) is 97.0 Å². The van der Waals surface area contributed by atoms with Crippen LogP contribution in [0.2, 0.25) is 0 Å². The van der Waals surface area contributed by atoms with Gasteiger partial charge in [-0.1, -0.05) is 62.4 Å². The van der Waals surface area contributed by atoms with Crippen LogP contribution >= 0.6 is 0 Å². The van der Waals surface area contributed by atoms with Crippen molar-refractivity contribution in [2.24, 2.45) is 0 Å². The zero-order valence-corrected chi connectivity index (χ0v) is 37.7. The Bertz CT molecular complexity index is 2220. The van der Waals surface area contributed by atoms with Crippen molar-refractivity contribution in [3.8, 4) is 0 Å². The summed E-state index contributed by atoms with van der Waals surface area (Å²) in [6, 6.07) is 25.6. The van der Waals surface area contributed by atoms with Crippen LogP contribution in [0.15, 0.2) is 97.1 Å². The van der Waals surface area contributed by atoms with E-state index in [2.05, 4.69) is 9.80 Å². The third-order valence-corrected chi connectivity index (χ3v) is 12.9. The topological polar surface area (TPSA) is 140 Å². The van der Waals surface area contributed by atoms with Gasteiger partial charge < -0.3 is 19.3 Å². The molecule has 4 aromatic carbocycles. The zero-order chi connectivity index (χ0) is 47.1. The number of ether oxygens (including phenoxy) is 2. The molecule has 4 atom stereocenters. The zero-order valence-electron chi connectivity index (χ0n) is 37.7. The molecule has 4 aliphatic rings. The highest BCUT2D eigenvalue weighted by molar-refractivity contribution is 6.22. The molecule has 0 spiro atoms. The number of methoxy groups -OCH3 is 2. The van der Waals surface area contributed by atoms with Gasteiger partial charge in [0, 0.05) is 79.4 Å². The van der Waals surface area contributed by atoms with Gasteiger partial charge in [0.05, 0.1) is 57.9 Å². The Kier molecular flexibility index (Phi) is 15.5. The molecule has 4 aliphatic heterocycles. The number of halogens is 2. The van der Waals surface area contributed by atoms with Gasteiger partial charge in [-0.05, 0) is 61.4 Å². The van der Waals surface area contributed by atoms with Gasteiger partial charge >= 0.3 is 0 Å². The number of rotatable bonds is 14. The van der Waals surface area contributed by atoms with Crippen LogP contribution in [0.5, 0.6) is 0 Å². The maximum atomic E-state index is 14.6. The lowest BCUT2D eigenvalue weighted by atomic mass is 9.98. The number of carbonyl (C=O) groups is 6. The quantitative estimate of drug-likeness (QED) is 0.141. The number of hydrogen-bond donors (Lipinski definition) is 0. The molecule has 4 heterocycles. The van der Waals surface area contributed by atoms with Crippen molar-refractivity contribution in [1.29, 1.82) is 0 Å². The Balaban J connectivity index is 0.000000196. The molecule has 0 aromatic heterocycles. The lowest BCUT2D eigenvalue weighted by Gasteiger charge is -2.43. The molecule has 8 rings (SSSR count). The smallest absolute Gasteiger partial charge is 0.261 e. The van der Waals surface area contributed by atoms with Crippen molar-refractivity contribution in [2.45, 2.75) is 63.8 Å². The lowest BCUT2D eigenvalue weighted by Crippen LogP contribution is -2.57. The number of anilines is 2. The fraction of sp³-hybridized carbons (Fsp3) is 0.400. The molecule has 66 heavy (non-hydrogen) atoms. The van der Waals surface area contributed by atoms with E-state index in [0.717, 1.165) is 0 Å². The minimum atomic E-state index is -0.442. The molecular weight excluding hydrogens is 851 g/mol. The van der Waals surface area contributed by atoms with Crippen LogP contribution < -0.4 is 9.80 Å². The normalized spacial score (nSPS) is 20.8. The monoisotopic (exact) mass is 906 g/mol. The maximum absolute atomic E-state index is 14.6. The van der Waals surface area contributed by atoms with Gasteiger partial charge in [0.15, 0.2) is 0 Å². The fourth-order valence-corrected chi connectivity index (χ4v) is 9.39. The number of nitrogens with zero attached hydrogens (tertiary/aromatic N) is 6. The third-order valence-electron chi connectivity index (χ3n) is 12.9. The van der Waals surface area contributed by atoms with Gasteiger partial charge in [-0.15, -0.1) is 0 Å². The molecule has 0 bridgehead atoms. The SMILES string of the molecule is CCC(=O)N(c1ccccc1F)[C@H]1CCN(CCN2C(=O)c3ccccc3C2=O)C[C@H]1OC.CCC(=O)N(c1ccccc1F)[C@H]1CCN(CCN2C(=O)c3ccccc3C2=O)C[C@H]1OC. The van der Waals surface area contributed by atoms with Crippen LogP contribution in [-0.4, -0.2) is 146 Å². The fourth-order valence-electron chi connectivity index (χ4n) is 9.39. The van der Waals surface area contributed by atoms with Crippen LogP contribution in [0.1, 0.15) is 81.0 Å². The molecule has 16 heteroatoms. The number of carbonyl (C=O) groups excluding carboxylic acids is 6. The molecule has 0 unspecified atom stereocenters. The Morgan fingerprint density at radius 3 is 1.15 bits per heavy atom. The molecule has 14 nitrogen and oxygen atoms in total. The number of imide groups is 2. The summed E-state index contributed by atoms with van der Waals surface area (Å²) in [6.45, 7) is 7.35. The standard InChI is InChI=1S/2C25H28FN3O4/c2*1-3-23(30)29(20-11-7-6-10-19(20)26)21-12-13-27(16-22(21)33-2)14-15-28-24(31)17-8-4-5-9-18(17)25(28)32/h2*4-11,21-22H,3,12-16H2,1-2H3/t2*21-,22+/m00/s1.